The van der Waals surface area contributed by atoms with E-state index in [0.29, 0.717) is 30.7 Å². The molecule has 1 aliphatic heterocycles. The SMILES string of the molecule is COc1ccc2ncc(F)c(CCC[C@H]3CCN(CCSc4ccc(F)s4)C[C@H]3C(=O)O)c2c1. The van der Waals surface area contributed by atoms with E-state index < -0.39 is 11.9 Å². The van der Waals surface area contributed by atoms with Crippen LogP contribution in [0.2, 0.25) is 0 Å². The normalized spacial score (nSPS) is 18.9. The molecule has 0 bridgehead atoms. The Morgan fingerprint density at radius 2 is 2.18 bits per heavy atom. The minimum atomic E-state index is -0.770. The fourth-order valence-corrected chi connectivity index (χ4v) is 6.58. The van der Waals surface area contributed by atoms with Gasteiger partial charge in [-0.05, 0) is 74.0 Å². The summed E-state index contributed by atoms with van der Waals surface area (Å²) in [6.07, 6.45) is 4.04. The molecule has 3 aromatic rings. The highest BCUT2D eigenvalue weighted by molar-refractivity contribution is 8.01. The third kappa shape index (κ3) is 6.06. The molecule has 3 heterocycles. The predicted molar refractivity (Wildman–Crippen MR) is 132 cm³/mol. The molecule has 2 aromatic heterocycles. The number of hydrogen-bond acceptors (Lipinski definition) is 6. The molecule has 34 heavy (non-hydrogen) atoms. The molecule has 9 heteroatoms. The number of thioether (sulfide) groups is 1. The van der Waals surface area contributed by atoms with E-state index in [-0.39, 0.29) is 16.9 Å². The van der Waals surface area contributed by atoms with Crippen molar-refractivity contribution in [1.82, 2.24) is 9.88 Å². The predicted octanol–water partition coefficient (Wildman–Crippen LogP) is 5.72. The third-order valence-corrected chi connectivity index (χ3v) is 8.57. The largest absolute Gasteiger partial charge is 0.497 e. The molecular formula is C25H28F2N2O3S2. The first-order chi connectivity index (χ1) is 16.4. The summed E-state index contributed by atoms with van der Waals surface area (Å²) in [5.74, 6) is -0.0201. The van der Waals surface area contributed by atoms with Gasteiger partial charge >= 0.3 is 5.97 Å². The van der Waals surface area contributed by atoms with Crippen molar-refractivity contribution < 1.29 is 23.4 Å². The van der Waals surface area contributed by atoms with Crippen LogP contribution < -0.4 is 4.74 Å². The van der Waals surface area contributed by atoms with Gasteiger partial charge in [0.1, 0.15) is 11.6 Å². The highest BCUT2D eigenvalue weighted by Crippen LogP contribution is 2.32. The topological polar surface area (TPSA) is 62.7 Å². The van der Waals surface area contributed by atoms with Gasteiger partial charge < -0.3 is 14.7 Å². The summed E-state index contributed by atoms with van der Waals surface area (Å²) < 4.78 is 34.0. The zero-order valence-corrected chi connectivity index (χ0v) is 20.6. The lowest BCUT2D eigenvalue weighted by Crippen LogP contribution is -2.44. The number of aryl methyl sites for hydroxylation is 1. The minimum absolute atomic E-state index is 0.0680. The third-order valence-electron chi connectivity index (χ3n) is 6.49. The number of fused-ring (bicyclic) bond motifs is 1. The van der Waals surface area contributed by atoms with Crippen molar-refractivity contribution in [2.24, 2.45) is 11.8 Å². The zero-order chi connectivity index (χ0) is 24.1. The van der Waals surface area contributed by atoms with Crippen LogP contribution in [0, 0.1) is 22.8 Å². The standard InChI is InChI=1S/C25H28F2N2O3S2/c1-32-17-5-6-22-19(13-17)18(21(26)14-28-22)4-2-3-16-9-10-29(15-20(16)25(30)31)11-12-33-24-8-7-23(27)34-24/h5-8,13-14,16,20H,2-4,9-12,15H2,1H3,(H,30,31)/t16-,20+/m0/s1. The van der Waals surface area contributed by atoms with Crippen LogP contribution in [0.1, 0.15) is 24.8 Å². The molecule has 0 amide bonds. The van der Waals surface area contributed by atoms with Gasteiger partial charge in [-0.2, -0.15) is 4.39 Å². The first-order valence-electron chi connectivity index (χ1n) is 11.4. The van der Waals surface area contributed by atoms with Gasteiger partial charge in [0.2, 0.25) is 0 Å². The van der Waals surface area contributed by atoms with Gasteiger partial charge in [0.05, 0.1) is 29.0 Å². The Hall–Kier alpha value is -2.23. The van der Waals surface area contributed by atoms with Crippen LogP contribution in [-0.2, 0) is 11.2 Å². The Bertz CT molecular complexity index is 1140. The van der Waals surface area contributed by atoms with E-state index in [1.165, 1.54) is 12.3 Å². The zero-order valence-electron chi connectivity index (χ0n) is 19.0. The Morgan fingerprint density at radius 1 is 1.32 bits per heavy atom. The van der Waals surface area contributed by atoms with Crippen LogP contribution in [-0.4, -0.2) is 53.5 Å². The average molecular weight is 507 g/mol. The Kier molecular flexibility index (Phi) is 8.39. The van der Waals surface area contributed by atoms with Crippen molar-refractivity contribution in [3.63, 3.8) is 0 Å². The number of rotatable bonds is 10. The molecule has 0 aliphatic carbocycles. The number of carbonyl (C=O) groups is 1. The Morgan fingerprint density at radius 3 is 2.91 bits per heavy atom. The monoisotopic (exact) mass is 506 g/mol. The maximum Gasteiger partial charge on any atom is 0.308 e. The quantitative estimate of drug-likeness (QED) is 0.355. The molecule has 1 saturated heterocycles. The van der Waals surface area contributed by atoms with Crippen LogP contribution in [0.15, 0.2) is 40.7 Å². The van der Waals surface area contributed by atoms with Crippen molar-refractivity contribution in [3.8, 4) is 5.75 Å². The summed E-state index contributed by atoms with van der Waals surface area (Å²) in [7, 11) is 1.58. The summed E-state index contributed by atoms with van der Waals surface area (Å²) in [5, 5.41) is 10.4. The summed E-state index contributed by atoms with van der Waals surface area (Å²) in [6.45, 7) is 2.14. The van der Waals surface area contributed by atoms with Crippen LogP contribution in [0.4, 0.5) is 8.78 Å². The van der Waals surface area contributed by atoms with Crippen LogP contribution >= 0.6 is 23.1 Å². The molecule has 1 aliphatic rings. The number of nitrogens with zero attached hydrogens (tertiary/aromatic N) is 2. The highest BCUT2D eigenvalue weighted by Gasteiger charge is 2.33. The van der Waals surface area contributed by atoms with Gasteiger partial charge in [0, 0.05) is 24.2 Å². The second-order valence-electron chi connectivity index (χ2n) is 8.56. The second-order valence-corrected chi connectivity index (χ2v) is 11.0. The molecule has 1 aromatic carbocycles. The molecule has 0 saturated carbocycles. The number of methoxy groups -OCH3 is 1. The summed E-state index contributed by atoms with van der Waals surface area (Å²) in [6, 6.07) is 8.68. The van der Waals surface area contributed by atoms with E-state index in [4.69, 9.17) is 4.74 Å². The minimum Gasteiger partial charge on any atom is -0.497 e. The number of carboxylic acid groups (broad SMARTS) is 1. The van der Waals surface area contributed by atoms with Crippen molar-refractivity contribution in [3.05, 3.63) is 53.0 Å². The van der Waals surface area contributed by atoms with Gasteiger partial charge in [0.25, 0.3) is 0 Å². The molecule has 0 unspecified atom stereocenters. The van der Waals surface area contributed by atoms with E-state index in [2.05, 4.69) is 9.88 Å². The van der Waals surface area contributed by atoms with E-state index >= 15 is 0 Å². The number of carboxylic acids is 1. The average Bonchev–Trinajstić information content (AvgIpc) is 3.25. The number of aliphatic carboxylic acids is 1. The number of piperidine rings is 1. The maximum absolute atomic E-state index is 14.6. The number of likely N-dealkylation sites (tertiary alicyclic amines) is 1. The molecular weight excluding hydrogens is 478 g/mol. The van der Waals surface area contributed by atoms with Crippen molar-refractivity contribution in [2.75, 3.05) is 32.5 Å². The Labute approximate surface area is 206 Å². The number of halogens is 2. The first-order valence-corrected chi connectivity index (χ1v) is 13.2. The number of thiophene rings is 1. The Balaban J connectivity index is 1.32. The molecule has 5 nitrogen and oxygen atoms in total. The molecule has 4 rings (SSSR count). The molecule has 1 N–H and O–H groups in total. The number of benzene rings is 1. The van der Waals surface area contributed by atoms with E-state index in [1.807, 2.05) is 12.1 Å². The molecule has 182 valence electrons. The maximum atomic E-state index is 14.6. The number of aromatic nitrogens is 1. The van der Waals surface area contributed by atoms with Gasteiger partial charge in [-0.15, -0.1) is 11.8 Å². The van der Waals surface area contributed by atoms with Crippen molar-refractivity contribution >= 4 is 40.0 Å². The summed E-state index contributed by atoms with van der Waals surface area (Å²) in [5.41, 5.74) is 1.33. The number of pyridine rings is 1. The molecule has 0 spiro atoms. The fourth-order valence-electron chi connectivity index (χ4n) is 4.67. The van der Waals surface area contributed by atoms with Crippen LogP contribution in [0.5, 0.6) is 5.75 Å². The summed E-state index contributed by atoms with van der Waals surface area (Å²) >= 11 is 2.74. The highest BCUT2D eigenvalue weighted by atomic mass is 32.2. The number of ether oxygens (including phenoxy) is 1. The van der Waals surface area contributed by atoms with Gasteiger partial charge in [-0.1, -0.05) is 11.3 Å². The van der Waals surface area contributed by atoms with E-state index in [9.17, 15) is 18.7 Å². The lowest BCUT2D eigenvalue weighted by Gasteiger charge is -2.36. The lowest BCUT2D eigenvalue weighted by atomic mass is 9.81. The summed E-state index contributed by atoms with van der Waals surface area (Å²) in [4.78, 5) is 18.3. The second kappa shape index (κ2) is 11.5. The smallest absolute Gasteiger partial charge is 0.308 e. The fraction of sp³-hybridized carbons (Fsp3) is 0.440. The molecule has 0 radical (unpaired) electrons. The van der Waals surface area contributed by atoms with Crippen LogP contribution in [0.3, 0.4) is 0 Å². The molecule has 2 atom stereocenters. The van der Waals surface area contributed by atoms with E-state index in [0.717, 1.165) is 58.1 Å². The van der Waals surface area contributed by atoms with Crippen LogP contribution in [0.25, 0.3) is 10.9 Å². The van der Waals surface area contributed by atoms with E-state index in [1.54, 1.807) is 31.0 Å². The first kappa shape index (κ1) is 24.9. The lowest BCUT2D eigenvalue weighted by molar-refractivity contribution is -0.146. The molecule has 1 fully saturated rings. The number of hydrogen-bond donors (Lipinski definition) is 1. The van der Waals surface area contributed by atoms with Gasteiger partial charge in [0.15, 0.2) is 5.13 Å². The van der Waals surface area contributed by atoms with Crippen molar-refractivity contribution in [1.29, 1.82) is 0 Å². The van der Waals surface area contributed by atoms with Gasteiger partial charge in [-0.3, -0.25) is 9.78 Å². The van der Waals surface area contributed by atoms with Gasteiger partial charge in [-0.25, -0.2) is 4.39 Å². The van der Waals surface area contributed by atoms with Crippen molar-refractivity contribution in [2.45, 2.75) is 29.9 Å².